The highest BCUT2D eigenvalue weighted by Gasteiger charge is 2.18. The van der Waals surface area contributed by atoms with Gasteiger partial charge in [-0.1, -0.05) is 44.2 Å². The Kier molecular flexibility index (Phi) is 4.26. The summed E-state index contributed by atoms with van der Waals surface area (Å²) in [5.74, 6) is -2.23. The zero-order valence-corrected chi connectivity index (χ0v) is 11.8. The van der Waals surface area contributed by atoms with Crippen molar-refractivity contribution >= 4 is 12.2 Å². The molecule has 0 amide bonds. The maximum absolute atomic E-state index is 14.1. The molecule has 4 heteroatoms. The Hall–Kier alpha value is -2.36. The molecular formula is C17H16F2O2. The van der Waals surface area contributed by atoms with Crippen molar-refractivity contribution < 1.29 is 19.0 Å². The molecule has 0 aliphatic rings. The summed E-state index contributed by atoms with van der Waals surface area (Å²) in [5.41, 5.74) is 0.456. The van der Waals surface area contributed by atoms with E-state index >= 15 is 0 Å². The van der Waals surface area contributed by atoms with Crippen molar-refractivity contribution in [1.29, 1.82) is 0 Å². The average Bonchev–Trinajstić information content (AvgIpc) is 2.42. The van der Waals surface area contributed by atoms with Crippen LogP contribution in [-0.2, 0) is 0 Å². The summed E-state index contributed by atoms with van der Waals surface area (Å²) in [4.78, 5) is 0. The lowest BCUT2D eigenvalue weighted by Gasteiger charge is -2.13. The second-order valence-electron chi connectivity index (χ2n) is 5.07. The molecule has 2 aromatic carbocycles. The van der Waals surface area contributed by atoms with Gasteiger partial charge in [0.15, 0.2) is 11.6 Å². The molecule has 0 fully saturated rings. The molecule has 2 nitrogen and oxygen atoms in total. The summed E-state index contributed by atoms with van der Waals surface area (Å²) in [6, 6.07) is 7.29. The van der Waals surface area contributed by atoms with E-state index < -0.39 is 17.4 Å². The molecule has 0 unspecified atom stereocenters. The van der Waals surface area contributed by atoms with Crippen molar-refractivity contribution in [2.75, 3.05) is 0 Å². The highest BCUT2D eigenvalue weighted by Crippen LogP contribution is 2.38. The van der Waals surface area contributed by atoms with E-state index in [9.17, 15) is 19.0 Å². The Labute approximate surface area is 122 Å². The fourth-order valence-corrected chi connectivity index (χ4v) is 2.14. The minimum Gasteiger partial charge on any atom is -0.507 e. The van der Waals surface area contributed by atoms with Gasteiger partial charge in [-0.05, 0) is 18.1 Å². The lowest BCUT2D eigenvalue weighted by Crippen LogP contribution is -1.94. The lowest BCUT2D eigenvalue weighted by atomic mass is 9.98. The zero-order chi connectivity index (χ0) is 15.6. The molecule has 110 valence electrons. The zero-order valence-electron chi connectivity index (χ0n) is 11.8. The summed E-state index contributed by atoms with van der Waals surface area (Å²) in [5, 5.41) is 19.7. The SMILES string of the molecule is CC(C)c1c(O)cc(/C=C/c2ccccc2F)c(F)c1O. The van der Waals surface area contributed by atoms with Crippen LogP contribution in [-0.4, -0.2) is 10.2 Å². The monoisotopic (exact) mass is 290 g/mol. The van der Waals surface area contributed by atoms with E-state index in [2.05, 4.69) is 0 Å². The van der Waals surface area contributed by atoms with Crippen LogP contribution in [0.25, 0.3) is 12.2 Å². The lowest BCUT2D eigenvalue weighted by molar-refractivity contribution is 0.404. The highest BCUT2D eigenvalue weighted by atomic mass is 19.1. The number of phenolic OH excluding ortho intramolecular Hbond substituents is 2. The molecule has 0 saturated heterocycles. The fraction of sp³-hybridized carbons (Fsp3) is 0.176. The minimum absolute atomic E-state index is 0.00217. The minimum atomic E-state index is -0.830. The Morgan fingerprint density at radius 3 is 2.24 bits per heavy atom. The molecule has 0 aliphatic carbocycles. The third-order valence-corrected chi connectivity index (χ3v) is 3.21. The Balaban J connectivity index is 2.45. The molecule has 0 spiro atoms. The summed E-state index contributed by atoms with van der Waals surface area (Å²) in [7, 11) is 0. The molecule has 0 aliphatic heterocycles. The molecule has 0 saturated carbocycles. The first-order valence-electron chi connectivity index (χ1n) is 6.58. The molecule has 2 N–H and O–H groups in total. The van der Waals surface area contributed by atoms with Gasteiger partial charge in [0.2, 0.25) is 0 Å². The van der Waals surface area contributed by atoms with Crippen LogP contribution in [0.1, 0.15) is 36.5 Å². The quantitative estimate of drug-likeness (QED) is 0.806. The summed E-state index contributed by atoms with van der Waals surface area (Å²) in [6.45, 7) is 3.48. The Morgan fingerprint density at radius 2 is 1.62 bits per heavy atom. The molecular weight excluding hydrogens is 274 g/mol. The van der Waals surface area contributed by atoms with Crippen molar-refractivity contribution in [2.45, 2.75) is 19.8 Å². The number of hydrogen-bond acceptors (Lipinski definition) is 2. The largest absolute Gasteiger partial charge is 0.507 e. The number of aromatic hydroxyl groups is 2. The van der Waals surface area contributed by atoms with E-state index in [0.29, 0.717) is 5.56 Å². The van der Waals surface area contributed by atoms with Crippen LogP contribution < -0.4 is 0 Å². The second kappa shape index (κ2) is 5.95. The Morgan fingerprint density at radius 1 is 1.00 bits per heavy atom. The van der Waals surface area contributed by atoms with Crippen molar-refractivity contribution in [3.05, 3.63) is 58.7 Å². The van der Waals surface area contributed by atoms with Crippen LogP contribution in [0.5, 0.6) is 11.5 Å². The van der Waals surface area contributed by atoms with Crippen LogP contribution in [0.15, 0.2) is 30.3 Å². The molecule has 0 radical (unpaired) electrons. The van der Waals surface area contributed by atoms with Crippen LogP contribution in [0.4, 0.5) is 8.78 Å². The van der Waals surface area contributed by atoms with Crippen LogP contribution in [0, 0.1) is 11.6 Å². The Bertz CT molecular complexity index is 691. The maximum atomic E-state index is 14.1. The van der Waals surface area contributed by atoms with Gasteiger partial charge in [0.25, 0.3) is 0 Å². The van der Waals surface area contributed by atoms with Crippen molar-refractivity contribution in [1.82, 2.24) is 0 Å². The first-order chi connectivity index (χ1) is 9.91. The number of rotatable bonds is 3. The highest BCUT2D eigenvalue weighted by molar-refractivity contribution is 5.72. The molecule has 2 rings (SSSR count). The third kappa shape index (κ3) is 3.05. The van der Waals surface area contributed by atoms with Gasteiger partial charge in [-0.2, -0.15) is 0 Å². The van der Waals surface area contributed by atoms with E-state index in [4.69, 9.17) is 0 Å². The number of halogens is 2. The van der Waals surface area contributed by atoms with Gasteiger partial charge in [0.05, 0.1) is 0 Å². The third-order valence-electron chi connectivity index (χ3n) is 3.21. The van der Waals surface area contributed by atoms with E-state index in [-0.39, 0.29) is 22.8 Å². The predicted molar refractivity (Wildman–Crippen MR) is 79.1 cm³/mol. The normalized spacial score (nSPS) is 11.5. The summed E-state index contributed by atoms with van der Waals surface area (Å²) >= 11 is 0. The van der Waals surface area contributed by atoms with E-state index in [1.165, 1.54) is 24.3 Å². The van der Waals surface area contributed by atoms with Gasteiger partial charge in [-0.25, -0.2) is 8.78 Å². The van der Waals surface area contributed by atoms with Gasteiger partial charge >= 0.3 is 0 Å². The fourth-order valence-electron chi connectivity index (χ4n) is 2.14. The van der Waals surface area contributed by atoms with Gasteiger partial charge in [-0.3, -0.25) is 0 Å². The number of phenols is 2. The first-order valence-corrected chi connectivity index (χ1v) is 6.58. The molecule has 0 heterocycles. The van der Waals surface area contributed by atoms with Gasteiger partial charge in [0, 0.05) is 16.7 Å². The molecule has 0 atom stereocenters. The molecule has 0 bridgehead atoms. The molecule has 0 aromatic heterocycles. The number of benzene rings is 2. The van der Waals surface area contributed by atoms with Crippen LogP contribution >= 0.6 is 0 Å². The van der Waals surface area contributed by atoms with Gasteiger partial charge in [-0.15, -0.1) is 0 Å². The molecule has 21 heavy (non-hydrogen) atoms. The topological polar surface area (TPSA) is 40.5 Å². The predicted octanol–water partition coefficient (Wildman–Crippen LogP) is 4.67. The first kappa shape index (κ1) is 15.0. The van der Waals surface area contributed by atoms with Crippen LogP contribution in [0.3, 0.4) is 0 Å². The standard InChI is InChI=1S/C17H16F2O2/c1-10(2)15-14(20)9-12(16(19)17(15)21)8-7-11-5-3-4-6-13(11)18/h3-10,20-21H,1-2H3/b8-7+. The van der Waals surface area contributed by atoms with Crippen molar-refractivity contribution in [3.8, 4) is 11.5 Å². The summed E-state index contributed by atoms with van der Waals surface area (Å²) in [6.07, 6.45) is 2.71. The average molecular weight is 290 g/mol. The molecule has 2 aromatic rings. The van der Waals surface area contributed by atoms with Crippen molar-refractivity contribution in [2.24, 2.45) is 0 Å². The van der Waals surface area contributed by atoms with E-state index in [0.717, 1.165) is 0 Å². The van der Waals surface area contributed by atoms with Crippen molar-refractivity contribution in [3.63, 3.8) is 0 Å². The number of hydrogen-bond donors (Lipinski definition) is 2. The van der Waals surface area contributed by atoms with Crippen LogP contribution in [0.2, 0.25) is 0 Å². The summed E-state index contributed by atoms with van der Waals surface area (Å²) < 4.78 is 27.6. The van der Waals surface area contributed by atoms with Gasteiger partial charge < -0.3 is 10.2 Å². The van der Waals surface area contributed by atoms with E-state index in [1.807, 2.05) is 0 Å². The smallest absolute Gasteiger partial charge is 0.172 e. The second-order valence-corrected chi connectivity index (χ2v) is 5.07. The maximum Gasteiger partial charge on any atom is 0.172 e. The van der Waals surface area contributed by atoms with E-state index in [1.54, 1.807) is 32.0 Å². The van der Waals surface area contributed by atoms with Gasteiger partial charge in [0.1, 0.15) is 11.6 Å².